The molecule has 0 atom stereocenters. The molecule has 0 saturated carbocycles. The van der Waals surface area contributed by atoms with Gasteiger partial charge in [-0.2, -0.15) is 0 Å². The van der Waals surface area contributed by atoms with Crippen molar-refractivity contribution < 1.29 is 10.0 Å². The van der Waals surface area contributed by atoms with Crippen molar-refractivity contribution in [3.63, 3.8) is 0 Å². The molecule has 8 aliphatic carbocycles. The zero-order chi connectivity index (χ0) is 63.5. The molecule has 96 heavy (non-hydrogen) atoms. The van der Waals surface area contributed by atoms with E-state index >= 15 is 0 Å². The summed E-state index contributed by atoms with van der Waals surface area (Å²) in [6.07, 6.45) is 0. The molecule has 0 aliphatic heterocycles. The highest BCUT2D eigenvalue weighted by Crippen LogP contribution is 2.69. The molecule has 17 aromatic carbocycles. The molecule has 2 N–H and O–H groups in total. The van der Waals surface area contributed by atoms with Crippen LogP contribution < -0.4 is 5.46 Å². The first-order valence-electron chi connectivity index (χ1n) is 33.0. The summed E-state index contributed by atoms with van der Waals surface area (Å²) >= 11 is 11.0. The molecule has 0 aromatic heterocycles. The highest BCUT2D eigenvalue weighted by atomic mass is 79.9. The summed E-state index contributed by atoms with van der Waals surface area (Å²) in [4.78, 5) is 0. The van der Waals surface area contributed by atoms with Gasteiger partial charge in [0.05, 0.1) is 21.7 Å². The normalized spacial score (nSPS) is 15.5. The average molecular weight is 1410 g/mol. The molecule has 0 bridgehead atoms. The molecule has 0 heterocycles. The van der Waals surface area contributed by atoms with E-state index in [4.69, 9.17) is 0 Å². The first-order chi connectivity index (χ1) is 47.2. The summed E-state index contributed by atoms with van der Waals surface area (Å²) in [5.74, 6) is 0. The second-order valence-electron chi connectivity index (χ2n) is 27.2. The molecular formula is C90H50BBr3O2. The molecular weight excluding hydrogens is 1360 g/mol. The summed E-state index contributed by atoms with van der Waals surface area (Å²) in [7, 11) is -1.44. The molecule has 0 amide bonds. The van der Waals surface area contributed by atoms with Crippen LogP contribution in [0.2, 0.25) is 0 Å². The Morgan fingerprint density at radius 1 is 0.229 bits per heavy atom. The molecule has 25 rings (SSSR count). The Bertz CT molecular complexity index is 6330. The van der Waals surface area contributed by atoms with E-state index in [9.17, 15) is 10.0 Å². The van der Waals surface area contributed by atoms with Gasteiger partial charge in [-0.15, -0.1) is 0 Å². The van der Waals surface area contributed by atoms with Crippen LogP contribution in [0.3, 0.4) is 0 Å². The summed E-state index contributed by atoms with van der Waals surface area (Å²) in [5.41, 5.74) is 25.9. The predicted molar refractivity (Wildman–Crippen MR) is 406 cm³/mol. The molecule has 446 valence electrons. The van der Waals surface area contributed by atoms with Gasteiger partial charge in [0, 0.05) is 13.4 Å². The van der Waals surface area contributed by atoms with E-state index in [2.05, 4.69) is 321 Å². The minimum atomic E-state index is -1.44. The molecule has 17 aromatic rings. The predicted octanol–water partition coefficient (Wildman–Crippen LogP) is 21.6. The van der Waals surface area contributed by atoms with Crippen LogP contribution in [0.15, 0.2) is 305 Å². The average Bonchev–Trinajstić information content (AvgIpc) is 0.678. The van der Waals surface area contributed by atoms with Crippen LogP contribution in [0.4, 0.5) is 0 Å². The Hall–Kier alpha value is -9.76. The molecule has 0 saturated heterocycles. The lowest BCUT2D eigenvalue weighted by Gasteiger charge is -2.52. The van der Waals surface area contributed by atoms with Crippen molar-refractivity contribution in [2.24, 2.45) is 0 Å². The van der Waals surface area contributed by atoms with Gasteiger partial charge in [0.25, 0.3) is 0 Å². The van der Waals surface area contributed by atoms with Gasteiger partial charge < -0.3 is 10.0 Å². The number of hydrogen-bond acceptors (Lipinski definition) is 2. The monoisotopic (exact) mass is 1410 g/mol. The summed E-state index contributed by atoms with van der Waals surface area (Å²) in [6.45, 7) is 0. The second-order valence-corrected chi connectivity index (χ2v) is 29.9. The van der Waals surface area contributed by atoms with Crippen LogP contribution in [0.5, 0.6) is 0 Å². The highest BCUT2D eigenvalue weighted by molar-refractivity contribution is 9.11. The minimum absolute atomic E-state index is 0.00866. The lowest BCUT2D eigenvalue weighted by molar-refractivity contribution is 0.426. The first kappa shape index (κ1) is 54.5. The van der Waals surface area contributed by atoms with Crippen molar-refractivity contribution in [2.75, 3.05) is 0 Å². The Morgan fingerprint density at radius 2 is 0.542 bits per heavy atom. The topological polar surface area (TPSA) is 40.5 Å². The minimum Gasteiger partial charge on any atom is -0.423 e. The van der Waals surface area contributed by atoms with Crippen molar-refractivity contribution >= 4 is 147 Å². The molecule has 6 heteroatoms. The maximum atomic E-state index is 9.67. The third kappa shape index (κ3) is 6.18. The van der Waals surface area contributed by atoms with Crippen LogP contribution in [-0.4, -0.2) is 17.2 Å². The Kier molecular flexibility index (Phi) is 10.7. The van der Waals surface area contributed by atoms with Crippen LogP contribution in [-0.2, 0) is 21.7 Å². The second kappa shape index (κ2) is 18.8. The third-order valence-corrected chi connectivity index (χ3v) is 25.2. The summed E-state index contributed by atoms with van der Waals surface area (Å²) in [5, 5.41) is 40.9. The molecule has 0 unspecified atom stereocenters. The van der Waals surface area contributed by atoms with Crippen molar-refractivity contribution in [2.45, 2.75) is 21.7 Å². The van der Waals surface area contributed by atoms with Crippen molar-refractivity contribution in [1.82, 2.24) is 0 Å². The Morgan fingerprint density at radius 3 is 0.969 bits per heavy atom. The molecule has 8 aliphatic rings. The number of benzene rings is 17. The molecule has 4 spiro atoms. The maximum absolute atomic E-state index is 9.67. The number of rotatable bonds is 2. The Labute approximate surface area is 578 Å². The van der Waals surface area contributed by atoms with E-state index in [0.29, 0.717) is 5.46 Å². The fourth-order valence-electron chi connectivity index (χ4n) is 20.1. The van der Waals surface area contributed by atoms with E-state index in [-0.39, 0.29) is 21.7 Å². The Balaban J connectivity index is 0.0000000830. The first-order valence-corrected chi connectivity index (χ1v) is 35.4. The lowest BCUT2D eigenvalue weighted by atomic mass is 9.48. The van der Waals surface area contributed by atoms with Crippen LogP contribution >= 0.6 is 47.8 Å². The van der Waals surface area contributed by atoms with E-state index in [0.717, 1.165) is 9.86 Å². The summed E-state index contributed by atoms with van der Waals surface area (Å²) < 4.78 is 3.48. The van der Waals surface area contributed by atoms with Gasteiger partial charge in [0.2, 0.25) is 0 Å². The zero-order valence-electron chi connectivity index (χ0n) is 51.3. The van der Waals surface area contributed by atoms with Crippen LogP contribution in [0.1, 0.15) is 89.0 Å². The number of hydrogen-bond donors (Lipinski definition) is 2. The van der Waals surface area contributed by atoms with Crippen molar-refractivity contribution in [3.8, 4) is 11.1 Å². The maximum Gasteiger partial charge on any atom is 0.489 e. The SMILES string of the molecule is Brc1cc2c3c(cccc3c1)C21c2cccc3cccc1c23.Brc1ccc2c3c(cccc13)C21c2cccc3cccc1c23.Brc1cccc(-c2ccc3c4c(cccc24)C32c3cccc4cccc2c34)c1.OB(O)c1ccc2c3c(cccc13)C21c2cccc3cccc1c23. The standard InChI is InChI=1S/C27H15Br.C21H13BO2.2C21H11Br/c28-18-8-1-7-17(15-18)19-13-14-24-26-20(19)9-4-12-23(26)27(24)21-10-2-5-16-6-3-11-22(27)25(16)21;23-22(24)18-11-10-17-20-13(18)6-3-9-16(20)21(17)14-7-1-4-12-5-2-8-15(21)19(12)14;22-14-10-13-6-3-9-17-20(13)18(11-14)21(17)15-7-1-4-12-5-2-8-16(21)19(12)15;22-18-11-10-17-20-13(18)6-3-9-16(20)21(17)14-7-1-4-12-5-2-8-15(21)19(12)14/h1-15H;1-11,23-24H;2*1-11H. The fraction of sp³-hybridized carbons (Fsp3) is 0.0444. The third-order valence-electron chi connectivity index (χ3n) is 23.5. The van der Waals surface area contributed by atoms with E-state index in [1.807, 2.05) is 18.2 Å². The van der Waals surface area contributed by atoms with Gasteiger partial charge in [0.1, 0.15) is 0 Å². The molecule has 0 radical (unpaired) electrons. The van der Waals surface area contributed by atoms with Gasteiger partial charge in [-0.05, 0) is 222 Å². The smallest absolute Gasteiger partial charge is 0.423 e. The van der Waals surface area contributed by atoms with Crippen LogP contribution in [0, 0.1) is 0 Å². The van der Waals surface area contributed by atoms with Gasteiger partial charge in [-0.3, -0.25) is 0 Å². The van der Waals surface area contributed by atoms with Gasteiger partial charge in [0.15, 0.2) is 0 Å². The number of fused-ring (bicyclic) bond motifs is 16. The van der Waals surface area contributed by atoms with Crippen molar-refractivity contribution in [3.05, 3.63) is 394 Å². The fourth-order valence-corrected chi connectivity index (χ4v) is 21.4. The summed E-state index contributed by atoms with van der Waals surface area (Å²) in [6, 6.07) is 106. The molecule has 0 fully saturated rings. The van der Waals surface area contributed by atoms with E-state index < -0.39 is 7.12 Å². The van der Waals surface area contributed by atoms with Gasteiger partial charge in [-0.1, -0.05) is 309 Å². The quantitative estimate of drug-likeness (QED) is 0.169. The van der Waals surface area contributed by atoms with Gasteiger partial charge in [-0.25, -0.2) is 0 Å². The van der Waals surface area contributed by atoms with Crippen molar-refractivity contribution in [1.29, 1.82) is 0 Å². The molecule has 2 nitrogen and oxygen atoms in total. The van der Waals surface area contributed by atoms with E-state index in [1.54, 1.807) is 0 Å². The zero-order valence-corrected chi connectivity index (χ0v) is 56.1. The number of halogens is 3. The van der Waals surface area contributed by atoms with Gasteiger partial charge >= 0.3 is 7.12 Å². The van der Waals surface area contributed by atoms with Crippen LogP contribution in [0.25, 0.3) is 97.3 Å². The lowest BCUT2D eigenvalue weighted by Crippen LogP contribution is -2.45. The largest absolute Gasteiger partial charge is 0.489 e. The van der Waals surface area contributed by atoms with E-state index in [1.165, 1.54) is 190 Å². The highest BCUT2D eigenvalue weighted by Gasteiger charge is 2.58.